The Balaban J connectivity index is 2.20. The fourth-order valence-corrected chi connectivity index (χ4v) is 1.87. The molecule has 3 N–H and O–H groups in total. The topological polar surface area (TPSA) is 94.4 Å². The highest BCUT2D eigenvalue weighted by Gasteiger charge is 2.16. The zero-order valence-corrected chi connectivity index (χ0v) is 11.7. The Hall–Kier alpha value is -2.08. The molecule has 1 aromatic carbocycles. The lowest BCUT2D eigenvalue weighted by Gasteiger charge is -2.04. The average molecular weight is 277 g/mol. The lowest BCUT2D eigenvalue weighted by atomic mass is 10.1. The van der Waals surface area contributed by atoms with Gasteiger partial charge in [-0.05, 0) is 24.6 Å². The predicted molar refractivity (Wildman–Crippen MR) is 74.4 cm³/mol. The Labute approximate surface area is 117 Å². The van der Waals surface area contributed by atoms with Crippen molar-refractivity contribution in [1.29, 1.82) is 0 Å². The third-order valence-electron chi connectivity index (χ3n) is 3.07. The lowest BCUT2D eigenvalue weighted by molar-refractivity contribution is 0.346. The van der Waals surface area contributed by atoms with Crippen LogP contribution in [0.5, 0.6) is 11.5 Å². The highest BCUT2D eigenvalue weighted by Crippen LogP contribution is 2.30. The maximum atomic E-state index is 9.56. The van der Waals surface area contributed by atoms with Crippen LogP contribution < -0.4 is 10.5 Å². The maximum absolute atomic E-state index is 9.56. The van der Waals surface area contributed by atoms with Crippen molar-refractivity contribution in [3.63, 3.8) is 0 Å². The molecule has 1 aromatic heterocycles. The summed E-state index contributed by atoms with van der Waals surface area (Å²) >= 11 is 0. The Bertz CT molecular complexity index is 569. The monoisotopic (exact) mass is 277 g/mol. The number of hydrogen-bond donors (Lipinski definition) is 2. The second-order valence-corrected chi connectivity index (χ2v) is 4.59. The van der Waals surface area contributed by atoms with Crippen molar-refractivity contribution >= 4 is 0 Å². The zero-order valence-electron chi connectivity index (χ0n) is 11.7. The van der Waals surface area contributed by atoms with Gasteiger partial charge in [0.25, 0.3) is 0 Å². The first-order valence-corrected chi connectivity index (χ1v) is 6.62. The van der Waals surface area contributed by atoms with E-state index in [1.54, 1.807) is 12.1 Å². The molecule has 6 heteroatoms. The smallest absolute Gasteiger partial charge is 0.243 e. The van der Waals surface area contributed by atoms with Gasteiger partial charge in [0, 0.05) is 5.56 Å². The van der Waals surface area contributed by atoms with Gasteiger partial charge in [-0.25, -0.2) is 0 Å². The van der Waals surface area contributed by atoms with Gasteiger partial charge in [-0.15, -0.1) is 0 Å². The number of rotatable bonds is 6. The van der Waals surface area contributed by atoms with Crippen molar-refractivity contribution in [2.75, 3.05) is 7.11 Å². The second kappa shape index (κ2) is 6.38. The number of aromatic nitrogens is 2. The van der Waals surface area contributed by atoms with E-state index in [1.807, 2.05) is 0 Å². The maximum Gasteiger partial charge on any atom is 0.243 e. The molecule has 0 saturated carbocycles. The van der Waals surface area contributed by atoms with E-state index in [0.717, 1.165) is 19.3 Å². The molecule has 0 bridgehead atoms. The molecule has 2 rings (SSSR count). The van der Waals surface area contributed by atoms with Crippen molar-refractivity contribution in [1.82, 2.24) is 10.1 Å². The van der Waals surface area contributed by atoms with Gasteiger partial charge >= 0.3 is 0 Å². The highest BCUT2D eigenvalue weighted by atomic mass is 16.5. The normalized spacial score (nSPS) is 12.3. The van der Waals surface area contributed by atoms with Gasteiger partial charge in [0.1, 0.15) is 0 Å². The van der Waals surface area contributed by atoms with E-state index in [4.69, 9.17) is 15.0 Å². The van der Waals surface area contributed by atoms with Crippen molar-refractivity contribution in [2.45, 2.75) is 32.2 Å². The van der Waals surface area contributed by atoms with Gasteiger partial charge in [-0.2, -0.15) is 4.98 Å². The van der Waals surface area contributed by atoms with Crippen molar-refractivity contribution < 1.29 is 14.4 Å². The number of hydrogen-bond acceptors (Lipinski definition) is 6. The fourth-order valence-electron chi connectivity index (χ4n) is 1.87. The van der Waals surface area contributed by atoms with Gasteiger partial charge in [0.2, 0.25) is 11.7 Å². The molecule has 1 heterocycles. The van der Waals surface area contributed by atoms with E-state index in [2.05, 4.69) is 17.1 Å². The first-order valence-electron chi connectivity index (χ1n) is 6.62. The quantitative estimate of drug-likeness (QED) is 0.842. The summed E-state index contributed by atoms with van der Waals surface area (Å²) in [7, 11) is 1.49. The predicted octanol–water partition coefficient (Wildman–Crippen LogP) is 2.64. The minimum atomic E-state index is -0.241. The van der Waals surface area contributed by atoms with E-state index in [-0.39, 0.29) is 11.8 Å². The van der Waals surface area contributed by atoms with Crippen LogP contribution in [0.2, 0.25) is 0 Å². The van der Waals surface area contributed by atoms with Crippen molar-refractivity contribution in [2.24, 2.45) is 5.73 Å². The first-order chi connectivity index (χ1) is 9.65. The molecule has 6 nitrogen and oxygen atoms in total. The lowest BCUT2D eigenvalue weighted by Crippen LogP contribution is -2.10. The van der Waals surface area contributed by atoms with Crippen LogP contribution in [0.15, 0.2) is 22.7 Å². The van der Waals surface area contributed by atoms with Gasteiger partial charge < -0.3 is 20.1 Å². The molecule has 0 fully saturated rings. The molecule has 0 unspecified atom stereocenters. The van der Waals surface area contributed by atoms with Crippen LogP contribution in [0, 0.1) is 0 Å². The van der Waals surface area contributed by atoms with Gasteiger partial charge in [0.05, 0.1) is 13.2 Å². The largest absolute Gasteiger partial charge is 0.504 e. The van der Waals surface area contributed by atoms with E-state index in [0.29, 0.717) is 23.0 Å². The fraction of sp³-hybridized carbons (Fsp3) is 0.429. The molecule has 20 heavy (non-hydrogen) atoms. The van der Waals surface area contributed by atoms with Crippen LogP contribution in [-0.4, -0.2) is 22.4 Å². The number of nitrogens with two attached hydrogens (primary N) is 1. The third-order valence-corrected chi connectivity index (χ3v) is 3.07. The van der Waals surface area contributed by atoms with E-state index < -0.39 is 0 Å². The number of ether oxygens (including phenoxy) is 1. The van der Waals surface area contributed by atoms with Crippen LogP contribution >= 0.6 is 0 Å². The van der Waals surface area contributed by atoms with Crippen LogP contribution in [0.25, 0.3) is 11.4 Å². The van der Waals surface area contributed by atoms with Gasteiger partial charge in [-0.3, -0.25) is 0 Å². The molecule has 0 aliphatic carbocycles. The molecular formula is C14H19N3O3. The van der Waals surface area contributed by atoms with Crippen molar-refractivity contribution in [3.8, 4) is 22.9 Å². The van der Waals surface area contributed by atoms with Gasteiger partial charge in [0.15, 0.2) is 11.5 Å². The highest BCUT2D eigenvalue weighted by molar-refractivity contribution is 5.60. The van der Waals surface area contributed by atoms with Crippen LogP contribution in [-0.2, 0) is 0 Å². The van der Waals surface area contributed by atoms with E-state index >= 15 is 0 Å². The molecule has 0 saturated heterocycles. The SMILES string of the molecule is CCCC[C@H](N)c1nc(-c2ccc(O)c(OC)c2)no1. The van der Waals surface area contributed by atoms with Crippen molar-refractivity contribution in [3.05, 3.63) is 24.1 Å². The number of unbranched alkanes of at least 4 members (excludes halogenated alkanes) is 1. The second-order valence-electron chi connectivity index (χ2n) is 4.59. The first kappa shape index (κ1) is 14.3. The van der Waals surface area contributed by atoms with Crippen LogP contribution in [0.3, 0.4) is 0 Å². The number of phenols is 1. The summed E-state index contributed by atoms with van der Waals surface area (Å²) < 4.78 is 10.2. The molecule has 1 atom stereocenters. The number of phenolic OH excluding ortho intramolecular Hbond substituents is 1. The number of aromatic hydroxyl groups is 1. The molecular weight excluding hydrogens is 258 g/mol. The van der Waals surface area contributed by atoms with Gasteiger partial charge in [-0.1, -0.05) is 24.9 Å². The molecule has 0 amide bonds. The Kier molecular flexibility index (Phi) is 4.57. The summed E-state index contributed by atoms with van der Waals surface area (Å²) in [6, 6.07) is 4.64. The molecule has 108 valence electrons. The average Bonchev–Trinajstić information content (AvgIpc) is 2.95. The van der Waals surface area contributed by atoms with E-state index in [9.17, 15) is 5.11 Å². The minimum Gasteiger partial charge on any atom is -0.504 e. The van der Waals surface area contributed by atoms with Crippen LogP contribution in [0.4, 0.5) is 0 Å². The molecule has 0 aliphatic heterocycles. The number of methoxy groups -OCH3 is 1. The standard InChI is InChI=1S/C14H19N3O3/c1-3-4-5-10(15)14-16-13(17-20-14)9-6-7-11(18)12(8-9)19-2/h6-8,10,18H,3-5,15H2,1-2H3/t10-/m0/s1. The summed E-state index contributed by atoms with van der Waals surface area (Å²) in [5.41, 5.74) is 6.70. The third kappa shape index (κ3) is 3.08. The minimum absolute atomic E-state index is 0.0691. The number of benzene rings is 1. The summed E-state index contributed by atoms with van der Waals surface area (Å²) in [5, 5.41) is 13.5. The molecule has 0 spiro atoms. The summed E-state index contributed by atoms with van der Waals surface area (Å²) in [6.07, 6.45) is 2.91. The Morgan fingerprint density at radius 3 is 2.95 bits per heavy atom. The Morgan fingerprint density at radius 1 is 1.45 bits per heavy atom. The summed E-state index contributed by atoms with van der Waals surface area (Å²) in [6.45, 7) is 2.11. The molecule has 0 radical (unpaired) electrons. The molecule has 2 aromatic rings. The molecule has 0 aliphatic rings. The summed E-state index contributed by atoms with van der Waals surface area (Å²) in [4.78, 5) is 4.30. The van der Waals surface area contributed by atoms with E-state index in [1.165, 1.54) is 13.2 Å². The Morgan fingerprint density at radius 2 is 2.25 bits per heavy atom. The number of nitrogens with zero attached hydrogens (tertiary/aromatic N) is 2. The summed E-state index contributed by atoms with van der Waals surface area (Å²) in [5.74, 6) is 1.30. The van der Waals surface area contributed by atoms with Crippen LogP contribution in [0.1, 0.15) is 38.1 Å². The zero-order chi connectivity index (χ0) is 14.5.